The van der Waals surface area contributed by atoms with E-state index in [1.807, 2.05) is 60.7 Å². The Hall–Kier alpha value is -3.15. The third kappa shape index (κ3) is 6.47. The number of para-hydroxylation sites is 1. The van der Waals surface area contributed by atoms with Gasteiger partial charge < -0.3 is 10.1 Å². The van der Waals surface area contributed by atoms with Crippen molar-refractivity contribution in [3.63, 3.8) is 0 Å². The molecule has 0 saturated heterocycles. The molecule has 0 aliphatic carbocycles. The van der Waals surface area contributed by atoms with E-state index >= 15 is 0 Å². The molecule has 0 aliphatic rings. The maximum Gasteiger partial charge on any atom is 0.414 e. The van der Waals surface area contributed by atoms with Crippen LogP contribution in [0.3, 0.4) is 0 Å². The summed E-state index contributed by atoms with van der Waals surface area (Å²) in [6.45, 7) is 1.41. The highest BCUT2D eigenvalue weighted by Crippen LogP contribution is 2.15. The fourth-order valence-electron chi connectivity index (χ4n) is 2.22. The van der Waals surface area contributed by atoms with Crippen molar-refractivity contribution in [2.24, 2.45) is 4.99 Å². The molecule has 1 amide bonds. The van der Waals surface area contributed by atoms with Gasteiger partial charge in [0, 0.05) is 18.8 Å². The lowest BCUT2D eigenvalue weighted by atomic mass is 10.2. The smallest absolute Gasteiger partial charge is 0.414 e. The van der Waals surface area contributed by atoms with Crippen molar-refractivity contribution in [1.29, 1.82) is 5.41 Å². The predicted molar refractivity (Wildman–Crippen MR) is 100 cm³/mol. The van der Waals surface area contributed by atoms with Crippen molar-refractivity contribution in [3.8, 4) is 0 Å². The molecule has 0 heterocycles. The molecule has 0 radical (unpaired) electrons. The lowest BCUT2D eigenvalue weighted by Crippen LogP contribution is -2.33. The SMILES string of the molecule is N=C/N=C\NCCCN(C(=O)OCc1ccccc1)c1ccccc1. The lowest BCUT2D eigenvalue weighted by Gasteiger charge is -2.22. The van der Waals surface area contributed by atoms with E-state index in [2.05, 4.69) is 10.3 Å². The third-order valence-corrected chi connectivity index (χ3v) is 3.44. The summed E-state index contributed by atoms with van der Waals surface area (Å²) < 4.78 is 5.45. The molecule has 0 bridgehead atoms. The van der Waals surface area contributed by atoms with E-state index < -0.39 is 0 Å². The largest absolute Gasteiger partial charge is 0.444 e. The Morgan fingerprint density at radius 2 is 1.80 bits per heavy atom. The molecule has 2 N–H and O–H groups in total. The van der Waals surface area contributed by atoms with Crippen LogP contribution in [0, 0.1) is 5.41 Å². The second kappa shape index (κ2) is 10.6. The summed E-state index contributed by atoms with van der Waals surface area (Å²) in [7, 11) is 0. The maximum absolute atomic E-state index is 12.5. The maximum atomic E-state index is 12.5. The topological polar surface area (TPSA) is 77.8 Å². The van der Waals surface area contributed by atoms with Gasteiger partial charge in [-0.3, -0.25) is 10.3 Å². The van der Waals surface area contributed by atoms with Crippen LogP contribution in [-0.4, -0.2) is 31.9 Å². The molecule has 6 nitrogen and oxygen atoms in total. The quantitative estimate of drug-likeness (QED) is 0.418. The van der Waals surface area contributed by atoms with Gasteiger partial charge in [0.05, 0.1) is 6.34 Å². The minimum Gasteiger partial charge on any atom is -0.444 e. The summed E-state index contributed by atoms with van der Waals surface area (Å²) in [5, 5.41) is 9.77. The normalized spacial score (nSPS) is 10.4. The predicted octanol–water partition coefficient (Wildman–Crippen LogP) is 3.44. The summed E-state index contributed by atoms with van der Waals surface area (Å²) in [5.41, 5.74) is 1.75. The molecule has 6 heteroatoms. The van der Waals surface area contributed by atoms with Gasteiger partial charge in [0.2, 0.25) is 0 Å². The third-order valence-electron chi connectivity index (χ3n) is 3.44. The van der Waals surface area contributed by atoms with Crippen molar-refractivity contribution >= 4 is 24.5 Å². The van der Waals surface area contributed by atoms with Gasteiger partial charge in [-0.2, -0.15) is 0 Å². The second-order valence-corrected chi connectivity index (χ2v) is 5.24. The average Bonchev–Trinajstić information content (AvgIpc) is 2.67. The number of amides is 1. The van der Waals surface area contributed by atoms with Crippen LogP contribution in [0.1, 0.15) is 12.0 Å². The van der Waals surface area contributed by atoms with Crippen molar-refractivity contribution < 1.29 is 9.53 Å². The summed E-state index contributed by atoms with van der Waals surface area (Å²) in [4.78, 5) is 17.8. The minimum atomic E-state index is -0.372. The van der Waals surface area contributed by atoms with Crippen LogP contribution >= 0.6 is 0 Å². The molecule has 0 aromatic heterocycles. The molecule has 2 rings (SSSR count). The first-order chi connectivity index (χ1) is 12.3. The Morgan fingerprint density at radius 1 is 1.12 bits per heavy atom. The molecule has 25 heavy (non-hydrogen) atoms. The summed E-state index contributed by atoms with van der Waals surface area (Å²) in [5.74, 6) is 0. The summed E-state index contributed by atoms with van der Waals surface area (Å²) in [6.07, 6.45) is 2.78. The van der Waals surface area contributed by atoms with Crippen molar-refractivity contribution in [2.75, 3.05) is 18.0 Å². The van der Waals surface area contributed by atoms with Gasteiger partial charge in [-0.1, -0.05) is 48.5 Å². The van der Waals surface area contributed by atoms with E-state index in [-0.39, 0.29) is 12.7 Å². The zero-order valence-electron chi connectivity index (χ0n) is 14.0. The second-order valence-electron chi connectivity index (χ2n) is 5.24. The number of carbonyl (C=O) groups excluding carboxylic acids is 1. The van der Waals surface area contributed by atoms with E-state index in [0.29, 0.717) is 13.1 Å². The van der Waals surface area contributed by atoms with Crippen LogP contribution in [-0.2, 0) is 11.3 Å². The number of nitrogens with zero attached hydrogens (tertiary/aromatic N) is 2. The molecule has 2 aromatic carbocycles. The van der Waals surface area contributed by atoms with Crippen LogP contribution in [0.2, 0.25) is 0 Å². The zero-order chi connectivity index (χ0) is 17.7. The monoisotopic (exact) mass is 338 g/mol. The van der Waals surface area contributed by atoms with Gasteiger partial charge in [-0.15, -0.1) is 0 Å². The van der Waals surface area contributed by atoms with Gasteiger partial charge >= 0.3 is 6.09 Å². The number of ether oxygens (including phenoxy) is 1. The van der Waals surface area contributed by atoms with E-state index in [9.17, 15) is 4.79 Å². The first-order valence-corrected chi connectivity index (χ1v) is 8.08. The van der Waals surface area contributed by atoms with Crippen LogP contribution in [0.15, 0.2) is 65.7 Å². The molecule has 0 fully saturated rings. The number of hydrogen-bond donors (Lipinski definition) is 2. The molecule has 0 saturated carbocycles. The lowest BCUT2D eigenvalue weighted by molar-refractivity contribution is 0.147. The molecule has 0 aliphatic heterocycles. The summed E-state index contributed by atoms with van der Waals surface area (Å²) in [6, 6.07) is 19.1. The number of anilines is 1. The highest BCUT2D eigenvalue weighted by molar-refractivity contribution is 5.87. The van der Waals surface area contributed by atoms with Gasteiger partial charge in [0.1, 0.15) is 12.9 Å². The van der Waals surface area contributed by atoms with Gasteiger partial charge in [0.15, 0.2) is 0 Å². The highest BCUT2D eigenvalue weighted by Gasteiger charge is 2.16. The number of aliphatic imine (C=N–C) groups is 1. The number of hydrogen-bond acceptors (Lipinski definition) is 3. The molecule has 0 spiro atoms. The summed E-state index contributed by atoms with van der Waals surface area (Å²) >= 11 is 0. The van der Waals surface area contributed by atoms with E-state index in [1.54, 1.807) is 4.90 Å². The highest BCUT2D eigenvalue weighted by atomic mass is 16.6. The number of rotatable bonds is 9. The molecular weight excluding hydrogens is 316 g/mol. The van der Waals surface area contributed by atoms with E-state index in [4.69, 9.17) is 10.1 Å². The van der Waals surface area contributed by atoms with Gasteiger partial charge in [-0.05, 0) is 24.1 Å². The van der Waals surface area contributed by atoms with Crippen LogP contribution < -0.4 is 10.2 Å². The Morgan fingerprint density at radius 3 is 2.48 bits per heavy atom. The first kappa shape index (κ1) is 18.2. The molecule has 0 atom stereocenters. The number of carbonyl (C=O) groups is 1. The van der Waals surface area contributed by atoms with Crippen molar-refractivity contribution in [3.05, 3.63) is 66.2 Å². The van der Waals surface area contributed by atoms with E-state index in [0.717, 1.165) is 24.0 Å². The average molecular weight is 338 g/mol. The molecule has 130 valence electrons. The first-order valence-electron chi connectivity index (χ1n) is 8.08. The zero-order valence-corrected chi connectivity index (χ0v) is 14.0. The van der Waals surface area contributed by atoms with E-state index in [1.165, 1.54) is 6.34 Å². The minimum absolute atomic E-state index is 0.243. The Labute approximate surface area is 147 Å². The fraction of sp³-hybridized carbons (Fsp3) is 0.211. The van der Waals surface area contributed by atoms with Crippen molar-refractivity contribution in [2.45, 2.75) is 13.0 Å². The number of nitrogens with one attached hydrogen (secondary N) is 2. The number of benzene rings is 2. The molecule has 2 aromatic rings. The molecular formula is C19H22N4O2. The Balaban J connectivity index is 1.92. The van der Waals surface area contributed by atoms with Crippen molar-refractivity contribution in [1.82, 2.24) is 5.32 Å². The van der Waals surface area contributed by atoms with Gasteiger partial charge in [-0.25, -0.2) is 9.79 Å². The Kier molecular flexibility index (Phi) is 7.71. The van der Waals surface area contributed by atoms with Crippen LogP contribution in [0.5, 0.6) is 0 Å². The molecule has 0 unspecified atom stereocenters. The van der Waals surface area contributed by atoms with Crippen LogP contribution in [0.25, 0.3) is 0 Å². The fourth-order valence-corrected chi connectivity index (χ4v) is 2.22. The van der Waals surface area contributed by atoms with Crippen LogP contribution in [0.4, 0.5) is 10.5 Å². The standard InChI is InChI=1S/C19H22N4O2/c20-15-22-16-21-12-7-13-23(18-10-5-2-6-11-18)19(24)25-14-17-8-3-1-4-9-17/h1-6,8-11,15-16H,7,12-14H2,(H2,20,21,22). The van der Waals surface area contributed by atoms with Gasteiger partial charge in [0.25, 0.3) is 0 Å². The Bertz CT molecular complexity index is 674.